The summed E-state index contributed by atoms with van der Waals surface area (Å²) in [6.07, 6.45) is 0. The highest BCUT2D eigenvalue weighted by molar-refractivity contribution is 5.85. The minimum atomic E-state index is -0.807. The quantitative estimate of drug-likeness (QED) is 0.857. The van der Waals surface area contributed by atoms with Crippen molar-refractivity contribution in [2.75, 3.05) is 49.1 Å². The minimum Gasteiger partial charge on any atom is -0.489 e. The van der Waals surface area contributed by atoms with E-state index >= 15 is 0 Å². The lowest BCUT2D eigenvalue weighted by atomic mass is 10.1. The normalized spacial score (nSPS) is 19.7. The SMILES string of the molecule is CC(C(=O)O)N1CCOc2cccc(N3CCNCC3)c21. The number of hydrogen-bond donors (Lipinski definition) is 2. The number of carbonyl (C=O) groups is 1. The van der Waals surface area contributed by atoms with Crippen LogP contribution < -0.4 is 19.9 Å². The van der Waals surface area contributed by atoms with Gasteiger partial charge in [0.2, 0.25) is 0 Å². The molecule has 0 saturated carbocycles. The first kappa shape index (κ1) is 14.0. The number of aliphatic carboxylic acids is 1. The second-order valence-electron chi connectivity index (χ2n) is 5.42. The van der Waals surface area contributed by atoms with E-state index in [9.17, 15) is 9.90 Å². The van der Waals surface area contributed by atoms with Crippen molar-refractivity contribution in [3.8, 4) is 5.75 Å². The number of nitrogens with zero attached hydrogens (tertiary/aromatic N) is 2. The summed E-state index contributed by atoms with van der Waals surface area (Å²) in [6, 6.07) is 5.39. The minimum absolute atomic E-state index is 0.523. The molecule has 0 amide bonds. The fourth-order valence-corrected chi connectivity index (χ4v) is 2.96. The third-order valence-electron chi connectivity index (χ3n) is 4.14. The maximum Gasteiger partial charge on any atom is 0.326 e. The van der Waals surface area contributed by atoms with E-state index in [-0.39, 0.29) is 0 Å². The molecule has 0 aromatic heterocycles. The number of fused-ring (bicyclic) bond motifs is 1. The number of carboxylic acids is 1. The molecule has 2 heterocycles. The zero-order valence-corrected chi connectivity index (χ0v) is 12.2. The molecule has 114 valence electrons. The van der Waals surface area contributed by atoms with Crippen molar-refractivity contribution in [1.82, 2.24) is 5.32 Å². The van der Waals surface area contributed by atoms with Gasteiger partial charge >= 0.3 is 5.97 Å². The summed E-state index contributed by atoms with van der Waals surface area (Å²) in [4.78, 5) is 15.6. The van der Waals surface area contributed by atoms with Gasteiger partial charge in [-0.1, -0.05) is 6.07 Å². The molecule has 6 nitrogen and oxygen atoms in total. The van der Waals surface area contributed by atoms with Crippen LogP contribution in [0, 0.1) is 0 Å². The van der Waals surface area contributed by atoms with E-state index in [1.807, 2.05) is 17.0 Å². The number of para-hydroxylation sites is 1. The number of rotatable bonds is 3. The molecule has 6 heteroatoms. The Bertz CT molecular complexity index is 529. The van der Waals surface area contributed by atoms with Gasteiger partial charge in [-0.15, -0.1) is 0 Å². The standard InChI is InChI=1S/C15H21N3O3/c1-11(15(19)20)18-9-10-21-13-4-2-3-12(14(13)18)17-7-5-16-6-8-17/h2-4,11,16H,5-10H2,1H3,(H,19,20). The monoisotopic (exact) mass is 291 g/mol. The van der Waals surface area contributed by atoms with Gasteiger partial charge in [0.15, 0.2) is 0 Å². The second-order valence-corrected chi connectivity index (χ2v) is 5.42. The summed E-state index contributed by atoms with van der Waals surface area (Å²) in [5.41, 5.74) is 1.99. The third kappa shape index (κ3) is 2.63. The zero-order valence-electron chi connectivity index (χ0n) is 12.2. The van der Waals surface area contributed by atoms with Gasteiger partial charge in [0, 0.05) is 26.2 Å². The van der Waals surface area contributed by atoms with Gasteiger partial charge in [0.25, 0.3) is 0 Å². The molecule has 2 aliphatic rings. The Labute approximate surface area is 124 Å². The number of nitrogens with one attached hydrogen (secondary N) is 1. The predicted molar refractivity (Wildman–Crippen MR) is 81.5 cm³/mol. The van der Waals surface area contributed by atoms with Crippen LogP contribution in [0.3, 0.4) is 0 Å². The van der Waals surface area contributed by atoms with Crippen LogP contribution in [0.25, 0.3) is 0 Å². The molecule has 1 unspecified atom stereocenters. The molecular weight excluding hydrogens is 270 g/mol. The van der Waals surface area contributed by atoms with Crippen molar-refractivity contribution >= 4 is 17.3 Å². The van der Waals surface area contributed by atoms with Crippen LogP contribution in [-0.2, 0) is 4.79 Å². The van der Waals surface area contributed by atoms with E-state index in [0.29, 0.717) is 13.2 Å². The molecule has 2 N–H and O–H groups in total. The molecule has 2 aliphatic heterocycles. The van der Waals surface area contributed by atoms with Crippen molar-refractivity contribution in [1.29, 1.82) is 0 Å². The number of ether oxygens (including phenoxy) is 1. The summed E-state index contributed by atoms with van der Waals surface area (Å²) in [7, 11) is 0. The van der Waals surface area contributed by atoms with Gasteiger partial charge in [-0.05, 0) is 19.1 Å². The van der Waals surface area contributed by atoms with E-state index in [1.54, 1.807) is 6.92 Å². The molecule has 1 fully saturated rings. The van der Waals surface area contributed by atoms with Gasteiger partial charge in [-0.25, -0.2) is 4.79 Å². The highest BCUT2D eigenvalue weighted by Crippen LogP contribution is 2.41. The molecule has 0 radical (unpaired) electrons. The molecule has 1 aromatic rings. The summed E-state index contributed by atoms with van der Waals surface area (Å²) in [5.74, 6) is -0.0247. The molecule has 3 rings (SSSR count). The fraction of sp³-hybridized carbons (Fsp3) is 0.533. The molecule has 0 bridgehead atoms. The Morgan fingerprint density at radius 2 is 2.10 bits per heavy atom. The van der Waals surface area contributed by atoms with Crippen LogP contribution in [-0.4, -0.2) is 56.4 Å². The Morgan fingerprint density at radius 1 is 1.33 bits per heavy atom. The number of piperazine rings is 1. The largest absolute Gasteiger partial charge is 0.489 e. The molecule has 1 saturated heterocycles. The number of carboxylic acid groups (broad SMARTS) is 1. The summed E-state index contributed by atoms with van der Waals surface area (Å²) >= 11 is 0. The number of anilines is 2. The van der Waals surface area contributed by atoms with E-state index in [1.165, 1.54) is 0 Å². The summed E-state index contributed by atoms with van der Waals surface area (Å²) in [6.45, 7) is 6.58. The van der Waals surface area contributed by atoms with Crippen molar-refractivity contribution in [3.05, 3.63) is 18.2 Å². The molecular formula is C15H21N3O3. The lowest BCUT2D eigenvalue weighted by Gasteiger charge is -2.39. The van der Waals surface area contributed by atoms with Crippen LogP contribution in [0.1, 0.15) is 6.92 Å². The second kappa shape index (κ2) is 5.81. The third-order valence-corrected chi connectivity index (χ3v) is 4.14. The first-order chi connectivity index (χ1) is 10.2. The van der Waals surface area contributed by atoms with Crippen molar-refractivity contribution in [3.63, 3.8) is 0 Å². The average Bonchev–Trinajstić information content (AvgIpc) is 2.53. The fourth-order valence-electron chi connectivity index (χ4n) is 2.96. The van der Waals surface area contributed by atoms with E-state index < -0.39 is 12.0 Å². The topological polar surface area (TPSA) is 65.0 Å². The first-order valence-electron chi connectivity index (χ1n) is 7.39. The molecule has 0 spiro atoms. The Morgan fingerprint density at radius 3 is 2.81 bits per heavy atom. The molecule has 1 atom stereocenters. The van der Waals surface area contributed by atoms with E-state index in [0.717, 1.165) is 43.3 Å². The smallest absolute Gasteiger partial charge is 0.326 e. The Balaban J connectivity index is 2.00. The van der Waals surface area contributed by atoms with E-state index in [4.69, 9.17) is 4.74 Å². The average molecular weight is 291 g/mol. The van der Waals surface area contributed by atoms with Gasteiger partial charge < -0.3 is 25.0 Å². The molecule has 0 aliphatic carbocycles. The van der Waals surface area contributed by atoms with Gasteiger partial charge in [0.1, 0.15) is 24.1 Å². The van der Waals surface area contributed by atoms with Gasteiger partial charge in [-0.3, -0.25) is 0 Å². The summed E-state index contributed by atoms with van der Waals surface area (Å²) < 4.78 is 5.74. The molecule has 21 heavy (non-hydrogen) atoms. The van der Waals surface area contributed by atoms with Gasteiger partial charge in [-0.2, -0.15) is 0 Å². The lowest BCUT2D eigenvalue weighted by molar-refractivity contribution is -0.138. The lowest BCUT2D eigenvalue weighted by Crippen LogP contribution is -2.47. The molecule has 1 aromatic carbocycles. The maximum absolute atomic E-state index is 11.4. The predicted octanol–water partition coefficient (Wildman–Crippen LogP) is 0.768. The van der Waals surface area contributed by atoms with Crippen LogP contribution in [0.4, 0.5) is 11.4 Å². The first-order valence-corrected chi connectivity index (χ1v) is 7.39. The Hall–Kier alpha value is -1.95. The van der Waals surface area contributed by atoms with Gasteiger partial charge in [0.05, 0.1) is 12.2 Å². The zero-order chi connectivity index (χ0) is 14.8. The van der Waals surface area contributed by atoms with Crippen molar-refractivity contribution in [2.45, 2.75) is 13.0 Å². The number of hydrogen-bond acceptors (Lipinski definition) is 5. The highest BCUT2D eigenvalue weighted by atomic mass is 16.5. The van der Waals surface area contributed by atoms with E-state index in [2.05, 4.69) is 16.3 Å². The van der Waals surface area contributed by atoms with Crippen molar-refractivity contribution in [2.24, 2.45) is 0 Å². The van der Waals surface area contributed by atoms with Crippen LogP contribution in [0.15, 0.2) is 18.2 Å². The van der Waals surface area contributed by atoms with Crippen molar-refractivity contribution < 1.29 is 14.6 Å². The van der Waals surface area contributed by atoms with Crippen LogP contribution >= 0.6 is 0 Å². The highest BCUT2D eigenvalue weighted by Gasteiger charge is 2.30. The number of benzene rings is 1. The Kier molecular flexibility index (Phi) is 3.88. The summed E-state index contributed by atoms with van der Waals surface area (Å²) in [5, 5.41) is 12.7. The maximum atomic E-state index is 11.4. The van der Waals surface area contributed by atoms with Crippen LogP contribution in [0.5, 0.6) is 5.75 Å². The van der Waals surface area contributed by atoms with Crippen LogP contribution in [0.2, 0.25) is 0 Å².